The van der Waals surface area contributed by atoms with Crippen LogP contribution in [0.4, 0.5) is 0 Å². The summed E-state index contributed by atoms with van der Waals surface area (Å²) in [6.45, 7) is 0. The molecule has 2 heteroatoms. The van der Waals surface area contributed by atoms with Crippen LogP contribution in [0.3, 0.4) is 0 Å². The maximum atomic E-state index is 5.44. The fourth-order valence-electron chi connectivity index (χ4n) is 2.63. The largest absolute Gasteiger partial charge is 0.496 e. The molecule has 16 heavy (non-hydrogen) atoms. The van der Waals surface area contributed by atoms with Crippen LogP contribution in [0.25, 0.3) is 0 Å². The molecule has 0 heterocycles. The zero-order chi connectivity index (χ0) is 11.4. The fraction of sp³-hybridized carbons (Fsp3) is 0.571. The van der Waals surface area contributed by atoms with Crippen LogP contribution in [-0.2, 0) is 0 Å². The van der Waals surface area contributed by atoms with Gasteiger partial charge in [-0.25, -0.2) is 0 Å². The molecule has 0 saturated heterocycles. The van der Waals surface area contributed by atoms with E-state index in [0.717, 1.165) is 17.0 Å². The third-order valence-corrected chi connectivity index (χ3v) is 4.56. The summed E-state index contributed by atoms with van der Waals surface area (Å²) >= 11 is 3.59. The summed E-state index contributed by atoms with van der Waals surface area (Å²) in [5, 5.41) is 1.16. The minimum Gasteiger partial charge on any atom is -0.496 e. The molecule has 88 valence electrons. The van der Waals surface area contributed by atoms with Gasteiger partial charge < -0.3 is 4.74 Å². The lowest BCUT2D eigenvalue weighted by atomic mass is 9.79. The first-order valence-corrected chi connectivity index (χ1v) is 7.16. The van der Waals surface area contributed by atoms with Crippen molar-refractivity contribution >= 4 is 15.9 Å². The van der Waals surface area contributed by atoms with Gasteiger partial charge in [0.05, 0.1) is 7.11 Å². The van der Waals surface area contributed by atoms with Gasteiger partial charge in [-0.3, -0.25) is 0 Å². The molecule has 1 aliphatic carbocycles. The first-order valence-electron chi connectivity index (χ1n) is 6.04. The summed E-state index contributed by atoms with van der Waals surface area (Å²) in [6.07, 6.45) is 5.29. The van der Waals surface area contributed by atoms with Crippen molar-refractivity contribution in [2.24, 2.45) is 5.92 Å². The number of methoxy groups -OCH3 is 1. The van der Waals surface area contributed by atoms with Gasteiger partial charge in [-0.15, -0.1) is 0 Å². The molecule has 0 N–H and O–H groups in total. The minimum absolute atomic E-state index is 0.700. The van der Waals surface area contributed by atoms with Gasteiger partial charge in [-0.05, 0) is 49.1 Å². The maximum Gasteiger partial charge on any atom is 0.122 e. The SMILES string of the molecule is COc1ccccc1[C@H]1CC[C@H](CBr)CC1. The first-order chi connectivity index (χ1) is 7.85. The van der Waals surface area contributed by atoms with Gasteiger partial charge in [0.15, 0.2) is 0 Å². The van der Waals surface area contributed by atoms with Crippen LogP contribution >= 0.6 is 15.9 Å². The highest BCUT2D eigenvalue weighted by Crippen LogP contribution is 2.39. The van der Waals surface area contributed by atoms with Crippen LogP contribution < -0.4 is 4.74 Å². The number of hydrogen-bond donors (Lipinski definition) is 0. The summed E-state index contributed by atoms with van der Waals surface area (Å²) in [5.74, 6) is 2.64. The molecular weight excluding hydrogens is 264 g/mol. The average Bonchev–Trinajstić information content (AvgIpc) is 2.39. The van der Waals surface area contributed by atoms with Crippen molar-refractivity contribution in [2.75, 3.05) is 12.4 Å². The van der Waals surface area contributed by atoms with E-state index in [0.29, 0.717) is 5.92 Å². The van der Waals surface area contributed by atoms with Gasteiger partial charge in [0.2, 0.25) is 0 Å². The van der Waals surface area contributed by atoms with Crippen LogP contribution in [0, 0.1) is 5.92 Å². The summed E-state index contributed by atoms with van der Waals surface area (Å²) < 4.78 is 5.44. The monoisotopic (exact) mass is 282 g/mol. The van der Waals surface area contributed by atoms with Gasteiger partial charge in [0, 0.05) is 5.33 Å². The van der Waals surface area contributed by atoms with Gasteiger partial charge in [-0.2, -0.15) is 0 Å². The van der Waals surface area contributed by atoms with Crippen molar-refractivity contribution < 1.29 is 4.74 Å². The standard InChI is InChI=1S/C14H19BrO/c1-16-14-5-3-2-4-13(14)12-8-6-11(10-15)7-9-12/h2-5,11-12H,6-10H2,1H3/t11-,12-. The Bertz CT molecular complexity index is 329. The van der Waals surface area contributed by atoms with Gasteiger partial charge in [-0.1, -0.05) is 34.1 Å². The lowest BCUT2D eigenvalue weighted by Gasteiger charge is -2.28. The molecule has 0 bridgehead atoms. The number of para-hydroxylation sites is 1. The third kappa shape index (κ3) is 2.60. The second kappa shape index (κ2) is 5.72. The molecule has 0 spiro atoms. The van der Waals surface area contributed by atoms with Crippen molar-refractivity contribution in [1.82, 2.24) is 0 Å². The molecule has 1 aromatic rings. The zero-order valence-corrected chi connectivity index (χ0v) is 11.4. The van der Waals surface area contributed by atoms with Crippen LogP contribution in [0.15, 0.2) is 24.3 Å². The number of benzene rings is 1. The molecule has 0 radical (unpaired) electrons. The molecule has 1 fully saturated rings. The van der Waals surface area contributed by atoms with Crippen LogP contribution in [0.1, 0.15) is 37.2 Å². The van der Waals surface area contributed by atoms with Crippen molar-refractivity contribution in [3.8, 4) is 5.75 Å². The number of alkyl halides is 1. The van der Waals surface area contributed by atoms with Gasteiger partial charge in [0.1, 0.15) is 5.75 Å². The van der Waals surface area contributed by atoms with E-state index in [2.05, 4.69) is 34.1 Å². The lowest BCUT2D eigenvalue weighted by Crippen LogP contribution is -2.14. The summed E-state index contributed by atoms with van der Waals surface area (Å²) in [5.41, 5.74) is 1.40. The quantitative estimate of drug-likeness (QED) is 0.749. The Morgan fingerprint density at radius 3 is 2.50 bits per heavy atom. The third-order valence-electron chi connectivity index (χ3n) is 3.64. The van der Waals surface area contributed by atoms with E-state index < -0.39 is 0 Å². The van der Waals surface area contributed by atoms with E-state index in [4.69, 9.17) is 4.74 Å². The first kappa shape index (κ1) is 12.0. The Kier molecular flexibility index (Phi) is 4.28. The van der Waals surface area contributed by atoms with E-state index in [1.54, 1.807) is 7.11 Å². The Balaban J connectivity index is 2.07. The van der Waals surface area contributed by atoms with Crippen LogP contribution in [-0.4, -0.2) is 12.4 Å². The van der Waals surface area contributed by atoms with E-state index in [1.165, 1.54) is 31.2 Å². The van der Waals surface area contributed by atoms with Crippen molar-refractivity contribution in [3.05, 3.63) is 29.8 Å². The van der Waals surface area contributed by atoms with E-state index in [-0.39, 0.29) is 0 Å². The Morgan fingerprint density at radius 1 is 1.19 bits per heavy atom. The highest BCUT2D eigenvalue weighted by molar-refractivity contribution is 9.09. The van der Waals surface area contributed by atoms with E-state index >= 15 is 0 Å². The normalized spacial score (nSPS) is 25.4. The predicted octanol–water partition coefficient (Wildman–Crippen LogP) is 4.36. The molecule has 0 aliphatic heterocycles. The lowest BCUT2D eigenvalue weighted by molar-refractivity contribution is 0.341. The zero-order valence-electron chi connectivity index (χ0n) is 9.79. The fourth-order valence-corrected chi connectivity index (χ4v) is 3.28. The molecule has 1 aliphatic rings. The van der Waals surface area contributed by atoms with E-state index in [1.807, 2.05) is 6.07 Å². The molecule has 2 rings (SSSR count). The summed E-state index contributed by atoms with van der Waals surface area (Å²) in [4.78, 5) is 0. The maximum absolute atomic E-state index is 5.44. The molecule has 1 nitrogen and oxygen atoms in total. The number of hydrogen-bond acceptors (Lipinski definition) is 1. The van der Waals surface area contributed by atoms with Crippen LogP contribution in [0.2, 0.25) is 0 Å². The van der Waals surface area contributed by atoms with Gasteiger partial charge in [0.25, 0.3) is 0 Å². The second-order valence-corrected chi connectivity index (χ2v) is 5.26. The predicted molar refractivity (Wildman–Crippen MR) is 71.5 cm³/mol. The van der Waals surface area contributed by atoms with Gasteiger partial charge >= 0.3 is 0 Å². The highest BCUT2D eigenvalue weighted by atomic mass is 79.9. The molecular formula is C14H19BrO. The Morgan fingerprint density at radius 2 is 1.88 bits per heavy atom. The molecule has 0 atom stereocenters. The number of halogens is 1. The minimum atomic E-state index is 0.700. The number of rotatable bonds is 3. The molecule has 1 saturated carbocycles. The molecule has 0 unspecified atom stereocenters. The summed E-state index contributed by atoms with van der Waals surface area (Å²) in [7, 11) is 1.77. The highest BCUT2D eigenvalue weighted by Gasteiger charge is 2.23. The van der Waals surface area contributed by atoms with E-state index in [9.17, 15) is 0 Å². The Hall–Kier alpha value is -0.500. The smallest absolute Gasteiger partial charge is 0.122 e. The van der Waals surface area contributed by atoms with Crippen molar-refractivity contribution in [1.29, 1.82) is 0 Å². The molecule has 1 aromatic carbocycles. The Labute approximate surface area is 106 Å². The van der Waals surface area contributed by atoms with Crippen LogP contribution in [0.5, 0.6) is 5.75 Å². The summed E-state index contributed by atoms with van der Waals surface area (Å²) in [6, 6.07) is 8.46. The average molecular weight is 283 g/mol. The number of ether oxygens (including phenoxy) is 1. The molecule has 0 amide bonds. The second-order valence-electron chi connectivity index (χ2n) is 4.61. The molecule has 0 aromatic heterocycles. The van der Waals surface area contributed by atoms with Crippen molar-refractivity contribution in [3.63, 3.8) is 0 Å². The van der Waals surface area contributed by atoms with Crippen molar-refractivity contribution in [2.45, 2.75) is 31.6 Å². The topological polar surface area (TPSA) is 9.23 Å².